The minimum atomic E-state index is 0.896. The van der Waals surface area contributed by atoms with Crippen molar-refractivity contribution in [3.63, 3.8) is 0 Å². The molecule has 2 heterocycles. The van der Waals surface area contributed by atoms with E-state index in [4.69, 9.17) is 4.42 Å². The molecule has 0 atom stereocenters. The molecular formula is C46H29BrN2O. The monoisotopic (exact) mass is 704 g/mol. The van der Waals surface area contributed by atoms with Gasteiger partial charge < -0.3 is 13.9 Å². The zero-order chi connectivity index (χ0) is 33.2. The predicted octanol–water partition coefficient (Wildman–Crippen LogP) is 13.7. The molecule has 0 N–H and O–H groups in total. The highest BCUT2D eigenvalue weighted by Gasteiger charge is 2.24. The van der Waals surface area contributed by atoms with Gasteiger partial charge in [0.05, 0.1) is 11.0 Å². The fourth-order valence-corrected chi connectivity index (χ4v) is 7.88. The molecule has 0 unspecified atom stereocenters. The van der Waals surface area contributed by atoms with Gasteiger partial charge in [0.25, 0.3) is 0 Å². The van der Waals surface area contributed by atoms with Crippen molar-refractivity contribution >= 4 is 87.5 Å². The molecule has 10 aromatic rings. The average Bonchev–Trinajstić information content (AvgIpc) is 3.73. The summed E-state index contributed by atoms with van der Waals surface area (Å²) >= 11 is 3.57. The lowest BCUT2D eigenvalue weighted by atomic mass is 9.98. The molecule has 10 rings (SSSR count). The summed E-state index contributed by atoms with van der Waals surface area (Å²) in [6.45, 7) is 0. The Morgan fingerprint density at radius 3 is 1.74 bits per heavy atom. The fourth-order valence-electron chi connectivity index (χ4n) is 7.62. The van der Waals surface area contributed by atoms with E-state index in [-0.39, 0.29) is 0 Å². The van der Waals surface area contributed by atoms with Gasteiger partial charge in [0, 0.05) is 48.8 Å². The zero-order valence-corrected chi connectivity index (χ0v) is 28.5. The lowest BCUT2D eigenvalue weighted by molar-refractivity contribution is 0.671. The molecule has 0 fully saturated rings. The smallest absolute Gasteiger partial charge is 0.160 e. The molecule has 8 aromatic carbocycles. The summed E-state index contributed by atoms with van der Waals surface area (Å²) in [5.74, 6) is 0. The molecule has 0 amide bonds. The minimum absolute atomic E-state index is 0.896. The number of aromatic nitrogens is 1. The first kappa shape index (κ1) is 28.9. The van der Waals surface area contributed by atoms with Gasteiger partial charge in [-0.15, -0.1) is 0 Å². The standard InChI is InChI=1S/C46H29BrN2O/c47-32-23-19-30(20-24-32)31-21-25-35(26-22-31)48(33-11-3-1-4-12-33)36-27-28-39-41(29-36)49(34-13-5-2-6-14-34)45-43(39)37-15-7-8-16-38(37)44-40-17-9-10-18-42(40)50-46(44)45/h1-29H. The van der Waals surface area contributed by atoms with Crippen molar-refractivity contribution in [2.75, 3.05) is 4.90 Å². The molecule has 3 nitrogen and oxygen atoms in total. The van der Waals surface area contributed by atoms with E-state index in [1.807, 2.05) is 6.07 Å². The topological polar surface area (TPSA) is 21.3 Å². The highest BCUT2D eigenvalue weighted by Crippen LogP contribution is 2.47. The number of fused-ring (bicyclic) bond motifs is 10. The highest BCUT2D eigenvalue weighted by atomic mass is 79.9. The Morgan fingerprint density at radius 1 is 0.460 bits per heavy atom. The Labute approximate surface area is 297 Å². The second kappa shape index (κ2) is 11.5. The van der Waals surface area contributed by atoms with Crippen LogP contribution in [0.2, 0.25) is 0 Å². The van der Waals surface area contributed by atoms with Crippen LogP contribution in [0.25, 0.3) is 71.3 Å². The SMILES string of the molecule is Brc1ccc(-c2ccc(N(c3ccccc3)c3ccc4c5c6ccccc6c6c7ccccc7oc6c5n(-c5ccccc5)c4c3)cc2)cc1. The molecule has 236 valence electrons. The largest absolute Gasteiger partial charge is 0.454 e. The normalized spacial score (nSPS) is 11.7. The third kappa shape index (κ3) is 4.49. The number of rotatable bonds is 5. The Bertz CT molecular complexity index is 2850. The molecule has 0 aliphatic heterocycles. The maximum atomic E-state index is 6.80. The molecule has 2 aromatic heterocycles. The minimum Gasteiger partial charge on any atom is -0.454 e. The summed E-state index contributed by atoms with van der Waals surface area (Å²) in [4.78, 5) is 2.34. The summed E-state index contributed by atoms with van der Waals surface area (Å²) < 4.78 is 10.3. The lowest BCUT2D eigenvalue weighted by Gasteiger charge is -2.26. The van der Waals surface area contributed by atoms with Gasteiger partial charge in [-0.1, -0.05) is 125 Å². The maximum Gasteiger partial charge on any atom is 0.160 e. The molecule has 0 aliphatic rings. The molecule has 0 bridgehead atoms. The quantitative estimate of drug-likeness (QED) is 0.178. The van der Waals surface area contributed by atoms with Crippen LogP contribution in [0, 0.1) is 0 Å². The second-order valence-electron chi connectivity index (χ2n) is 12.7. The van der Waals surface area contributed by atoms with Crippen molar-refractivity contribution in [3.8, 4) is 16.8 Å². The van der Waals surface area contributed by atoms with Crippen molar-refractivity contribution in [2.24, 2.45) is 0 Å². The molecule has 0 aliphatic carbocycles. The van der Waals surface area contributed by atoms with Gasteiger partial charge >= 0.3 is 0 Å². The van der Waals surface area contributed by atoms with Crippen LogP contribution in [-0.4, -0.2) is 4.57 Å². The van der Waals surface area contributed by atoms with Gasteiger partial charge in [0.1, 0.15) is 5.58 Å². The van der Waals surface area contributed by atoms with Crippen molar-refractivity contribution in [3.05, 3.63) is 180 Å². The van der Waals surface area contributed by atoms with Gasteiger partial charge in [0.15, 0.2) is 5.58 Å². The molecule has 50 heavy (non-hydrogen) atoms. The van der Waals surface area contributed by atoms with E-state index in [2.05, 4.69) is 195 Å². The molecule has 0 radical (unpaired) electrons. The Morgan fingerprint density at radius 2 is 1.02 bits per heavy atom. The van der Waals surface area contributed by atoms with Gasteiger partial charge in [-0.2, -0.15) is 0 Å². The second-order valence-corrected chi connectivity index (χ2v) is 13.6. The van der Waals surface area contributed by atoms with Gasteiger partial charge in [-0.25, -0.2) is 0 Å². The van der Waals surface area contributed by atoms with Crippen LogP contribution in [0.15, 0.2) is 185 Å². The fraction of sp³-hybridized carbons (Fsp3) is 0. The number of hydrogen-bond donors (Lipinski definition) is 0. The first-order valence-corrected chi connectivity index (χ1v) is 17.6. The van der Waals surface area contributed by atoms with Crippen LogP contribution in [0.5, 0.6) is 0 Å². The molecular weight excluding hydrogens is 676 g/mol. The van der Waals surface area contributed by atoms with E-state index < -0.39 is 0 Å². The number of benzene rings is 8. The van der Waals surface area contributed by atoms with Crippen LogP contribution in [0.1, 0.15) is 0 Å². The number of halogens is 1. The van der Waals surface area contributed by atoms with Crippen LogP contribution in [-0.2, 0) is 0 Å². The molecule has 0 saturated carbocycles. The summed E-state index contributed by atoms with van der Waals surface area (Å²) in [7, 11) is 0. The summed E-state index contributed by atoms with van der Waals surface area (Å²) in [6.07, 6.45) is 0. The van der Waals surface area contributed by atoms with Gasteiger partial charge in [-0.05, 0) is 88.6 Å². The Hall–Kier alpha value is -6.10. The van der Waals surface area contributed by atoms with E-state index >= 15 is 0 Å². The van der Waals surface area contributed by atoms with Crippen LogP contribution >= 0.6 is 15.9 Å². The number of nitrogens with zero attached hydrogens (tertiary/aromatic N) is 2. The number of anilines is 3. The van der Waals surface area contributed by atoms with Crippen molar-refractivity contribution in [2.45, 2.75) is 0 Å². The van der Waals surface area contributed by atoms with Crippen LogP contribution in [0.3, 0.4) is 0 Å². The Kier molecular flexibility index (Phi) is 6.64. The van der Waals surface area contributed by atoms with Crippen molar-refractivity contribution in [1.29, 1.82) is 0 Å². The first-order chi connectivity index (χ1) is 24.7. The van der Waals surface area contributed by atoms with E-state index in [0.29, 0.717) is 0 Å². The van der Waals surface area contributed by atoms with E-state index in [1.165, 1.54) is 32.7 Å². The van der Waals surface area contributed by atoms with Crippen LogP contribution in [0.4, 0.5) is 17.1 Å². The number of furan rings is 1. The molecule has 0 saturated heterocycles. The van der Waals surface area contributed by atoms with E-state index in [9.17, 15) is 0 Å². The number of hydrogen-bond acceptors (Lipinski definition) is 2. The summed E-state index contributed by atoms with van der Waals surface area (Å²) in [5.41, 5.74) is 10.7. The van der Waals surface area contributed by atoms with Gasteiger partial charge in [-0.3, -0.25) is 0 Å². The third-order valence-corrected chi connectivity index (χ3v) is 10.3. The predicted molar refractivity (Wildman–Crippen MR) is 213 cm³/mol. The van der Waals surface area contributed by atoms with Crippen molar-refractivity contribution in [1.82, 2.24) is 4.57 Å². The summed E-state index contributed by atoms with van der Waals surface area (Å²) in [5, 5.41) is 7.09. The van der Waals surface area contributed by atoms with Crippen molar-refractivity contribution < 1.29 is 4.42 Å². The highest BCUT2D eigenvalue weighted by molar-refractivity contribution is 9.10. The molecule has 0 spiro atoms. The Balaban J connectivity index is 1.27. The third-order valence-electron chi connectivity index (χ3n) is 9.82. The lowest BCUT2D eigenvalue weighted by Crippen LogP contribution is -2.10. The summed E-state index contributed by atoms with van der Waals surface area (Å²) in [6, 6.07) is 62.6. The number of para-hydroxylation sites is 3. The van der Waals surface area contributed by atoms with Gasteiger partial charge in [0.2, 0.25) is 0 Å². The first-order valence-electron chi connectivity index (χ1n) is 16.8. The van der Waals surface area contributed by atoms with Crippen LogP contribution < -0.4 is 4.90 Å². The average molecular weight is 706 g/mol. The zero-order valence-electron chi connectivity index (χ0n) is 26.9. The maximum absolute atomic E-state index is 6.80. The molecule has 4 heteroatoms. The van der Waals surface area contributed by atoms with E-state index in [0.717, 1.165) is 60.2 Å². The van der Waals surface area contributed by atoms with E-state index in [1.54, 1.807) is 0 Å².